The van der Waals surface area contributed by atoms with E-state index in [1.807, 2.05) is 26.8 Å². The molecule has 0 radical (unpaired) electrons. The molecule has 9 atom stereocenters. The number of halogens is 2. The Kier molecular flexibility index (Phi) is 8.87. The van der Waals surface area contributed by atoms with Gasteiger partial charge in [0.05, 0.1) is 23.7 Å². The van der Waals surface area contributed by atoms with Crippen LogP contribution in [0.3, 0.4) is 0 Å². The fourth-order valence-corrected chi connectivity index (χ4v) is 10.6. The quantitative estimate of drug-likeness (QED) is 0.331. The minimum Gasteiger partial charge on any atom is -0.449 e. The fourth-order valence-electron chi connectivity index (χ4n) is 9.81. The van der Waals surface area contributed by atoms with Crippen molar-refractivity contribution < 1.29 is 37.8 Å². The van der Waals surface area contributed by atoms with Crippen LogP contribution >= 0.6 is 11.8 Å². The van der Waals surface area contributed by atoms with Crippen molar-refractivity contribution in [1.29, 1.82) is 0 Å². The van der Waals surface area contributed by atoms with E-state index in [-0.39, 0.29) is 19.3 Å². The van der Waals surface area contributed by atoms with Crippen molar-refractivity contribution in [2.24, 2.45) is 34.3 Å². The van der Waals surface area contributed by atoms with Gasteiger partial charge in [-0.25, -0.2) is 13.5 Å². The number of hydrogen-bond acceptors (Lipinski definition) is 8. The number of nitrogens with two attached hydrogens (primary N) is 1. The van der Waals surface area contributed by atoms with Crippen molar-refractivity contribution in [3.05, 3.63) is 52.9 Å². The summed E-state index contributed by atoms with van der Waals surface area (Å²) in [6, 6.07) is 4.96. The zero-order valence-corrected chi connectivity index (χ0v) is 29.2. The number of nitrogens with one attached hydrogen (secondary N) is 1. The number of esters is 1. The number of fused-ring (bicyclic) bond motifs is 6. The maximum atomic E-state index is 18.3. The third kappa shape index (κ3) is 5.00. The van der Waals surface area contributed by atoms with Crippen molar-refractivity contribution in [3.63, 3.8) is 0 Å². The van der Waals surface area contributed by atoms with Crippen LogP contribution < -0.4 is 11.1 Å². The number of amides is 2. The van der Waals surface area contributed by atoms with Gasteiger partial charge in [-0.2, -0.15) is 5.10 Å². The molecule has 264 valence electrons. The van der Waals surface area contributed by atoms with E-state index >= 15 is 4.39 Å². The van der Waals surface area contributed by atoms with E-state index in [0.717, 1.165) is 16.8 Å². The molecule has 1 aromatic heterocycles. The largest absolute Gasteiger partial charge is 0.449 e. The molecule has 0 spiro atoms. The van der Waals surface area contributed by atoms with Crippen LogP contribution in [0.25, 0.3) is 11.8 Å². The molecule has 1 aromatic carbocycles. The Hall–Kier alpha value is -3.58. The summed E-state index contributed by atoms with van der Waals surface area (Å²) in [5, 5.41) is 18.6. The highest BCUT2D eigenvalue weighted by atomic mass is 32.2. The summed E-state index contributed by atoms with van der Waals surface area (Å²) in [4.78, 5) is 50.8. The molecule has 2 aromatic rings. The normalized spacial score (nSPS) is 35.1. The van der Waals surface area contributed by atoms with E-state index < -0.39 is 80.9 Å². The number of aromatic nitrogens is 2. The first-order valence-electron chi connectivity index (χ1n) is 16.9. The molecule has 4 aliphatic carbocycles. The Balaban J connectivity index is 1.35. The second-order valence-electron chi connectivity index (χ2n) is 14.7. The first kappa shape index (κ1) is 35.3. The smallest absolute Gasteiger partial charge is 0.306 e. The van der Waals surface area contributed by atoms with Crippen LogP contribution in [-0.4, -0.2) is 67.2 Å². The number of alkyl halides is 2. The molecule has 49 heavy (non-hydrogen) atoms. The summed E-state index contributed by atoms with van der Waals surface area (Å²) in [6.45, 7) is 8.60. The number of thioether (sulfide) groups is 1. The van der Waals surface area contributed by atoms with Gasteiger partial charge in [-0.15, -0.1) is 0 Å². The summed E-state index contributed by atoms with van der Waals surface area (Å²) in [5.74, 6) is -3.26. The predicted molar refractivity (Wildman–Crippen MR) is 180 cm³/mol. The van der Waals surface area contributed by atoms with Crippen molar-refractivity contribution in [1.82, 2.24) is 15.1 Å². The number of benzene rings is 1. The summed E-state index contributed by atoms with van der Waals surface area (Å²) < 4.78 is 39.6. The van der Waals surface area contributed by atoms with Crippen LogP contribution in [0.1, 0.15) is 88.3 Å². The molecule has 1 heterocycles. The minimum absolute atomic E-state index is 0.0239. The third-order valence-corrected chi connectivity index (χ3v) is 13.0. The maximum Gasteiger partial charge on any atom is 0.306 e. The van der Waals surface area contributed by atoms with Crippen LogP contribution in [0.15, 0.2) is 36.0 Å². The van der Waals surface area contributed by atoms with Gasteiger partial charge in [0, 0.05) is 34.7 Å². The zero-order valence-electron chi connectivity index (χ0n) is 28.4. The summed E-state index contributed by atoms with van der Waals surface area (Å²) in [6.07, 6.45) is 3.64. The summed E-state index contributed by atoms with van der Waals surface area (Å²) in [5.41, 5.74) is 2.62. The van der Waals surface area contributed by atoms with E-state index in [0.29, 0.717) is 42.3 Å². The zero-order chi connectivity index (χ0) is 35.7. The van der Waals surface area contributed by atoms with Crippen molar-refractivity contribution in [2.75, 3.05) is 6.01 Å². The number of aliphatic hydroxyl groups excluding tert-OH is 1. The lowest BCUT2D eigenvalue weighted by atomic mass is 9.44. The van der Waals surface area contributed by atoms with Crippen molar-refractivity contribution in [3.8, 4) is 5.69 Å². The first-order valence-corrected chi connectivity index (χ1v) is 17.9. The molecule has 3 saturated carbocycles. The Bertz CT molecular complexity index is 1750. The summed E-state index contributed by atoms with van der Waals surface area (Å²) >= 11 is 0.466. The van der Waals surface area contributed by atoms with Gasteiger partial charge in [-0.05, 0) is 86.5 Å². The number of allylic oxidation sites excluding steroid dienone is 1. The highest BCUT2D eigenvalue weighted by molar-refractivity contribution is 8.13. The van der Waals surface area contributed by atoms with Crippen molar-refractivity contribution >= 4 is 40.7 Å². The molecule has 0 unspecified atom stereocenters. The highest BCUT2D eigenvalue weighted by Gasteiger charge is 2.77. The molecule has 0 aliphatic heterocycles. The second kappa shape index (κ2) is 12.3. The molecule has 4 aliphatic rings. The van der Waals surface area contributed by atoms with E-state index in [4.69, 9.17) is 10.5 Å². The van der Waals surface area contributed by atoms with Crippen LogP contribution in [0.4, 0.5) is 8.78 Å². The lowest BCUT2D eigenvalue weighted by Gasteiger charge is -2.63. The second-order valence-corrected chi connectivity index (χ2v) is 15.6. The van der Waals surface area contributed by atoms with Gasteiger partial charge >= 0.3 is 5.97 Å². The standard InChI is InChI=1S/C36H44F2N4O6S/c1-6-29(44)48-36(32(47)49-18-37)19(2)12-26-25-11-10-23-14-27-22(15-33(23,4)35(25,38)28(43)16-34(26,36)5)17-40-42(27)24-9-7-8-21(13-24)31(46)41-20(3)30(39)45/h7-9,13-14,17,19-20,25-26,28,43H,6,10-12,15-16,18H2,1-5H3,(H2,39,45)(H,41,46)/t19-,20-,25+,26+,28+,33+,34+,35+,36+/m1/s1. The number of ether oxygens (including phenoxy) is 1. The first-order chi connectivity index (χ1) is 23.1. The van der Waals surface area contributed by atoms with Crippen molar-refractivity contribution in [2.45, 2.75) is 96.6 Å². The van der Waals surface area contributed by atoms with Gasteiger partial charge in [-0.3, -0.25) is 19.2 Å². The number of hydrogen-bond donors (Lipinski definition) is 3. The van der Waals surface area contributed by atoms with Gasteiger partial charge in [0.15, 0.2) is 5.60 Å². The SMILES string of the molecule is CCC(=O)O[C@]1(C(=O)SCF)[C@H](C)C[C@H]2[C@@H]3CCC4=Cc5c(cnn5-c5cccc(C(=O)N[C@H](C)C(N)=O)c5)C[C@]4(C)[C@@]3(F)[C@@H](O)C[C@@]21C. The van der Waals surface area contributed by atoms with E-state index in [2.05, 4.69) is 10.4 Å². The molecule has 6 rings (SSSR count). The van der Waals surface area contributed by atoms with Gasteiger partial charge in [0.25, 0.3) is 5.91 Å². The molecule has 3 fully saturated rings. The number of carbonyl (C=O) groups excluding carboxylic acids is 4. The van der Waals surface area contributed by atoms with Gasteiger partial charge < -0.3 is 20.9 Å². The topological polar surface area (TPSA) is 154 Å². The van der Waals surface area contributed by atoms with Crippen LogP contribution in [0.5, 0.6) is 0 Å². The van der Waals surface area contributed by atoms with E-state index in [1.165, 1.54) is 6.92 Å². The Labute approximate surface area is 288 Å². The Morgan fingerprint density at radius 3 is 2.65 bits per heavy atom. The molecule has 0 bridgehead atoms. The lowest BCUT2D eigenvalue weighted by molar-refractivity contribution is -0.231. The maximum absolute atomic E-state index is 18.3. The molecule has 2 amide bonds. The average molecular weight is 699 g/mol. The monoisotopic (exact) mass is 698 g/mol. The average Bonchev–Trinajstić information content (AvgIpc) is 3.56. The van der Waals surface area contributed by atoms with Gasteiger partial charge in [0.1, 0.15) is 17.7 Å². The van der Waals surface area contributed by atoms with Crippen LogP contribution in [0.2, 0.25) is 0 Å². The summed E-state index contributed by atoms with van der Waals surface area (Å²) in [7, 11) is 0. The molecular weight excluding hydrogens is 654 g/mol. The third-order valence-electron chi connectivity index (χ3n) is 12.3. The fraction of sp³-hybridized carbons (Fsp3) is 0.583. The van der Waals surface area contributed by atoms with E-state index in [9.17, 15) is 28.7 Å². The predicted octanol–water partition coefficient (Wildman–Crippen LogP) is 4.85. The lowest BCUT2D eigenvalue weighted by Crippen LogP contribution is -2.70. The molecular formula is C36H44F2N4O6S. The minimum atomic E-state index is -2.07. The molecule has 4 N–H and O–H groups in total. The number of carbonyl (C=O) groups is 4. The number of aliphatic hydroxyl groups is 1. The van der Waals surface area contributed by atoms with Gasteiger partial charge in [0.2, 0.25) is 11.0 Å². The highest BCUT2D eigenvalue weighted by Crippen LogP contribution is 2.72. The molecule has 10 nitrogen and oxygen atoms in total. The van der Waals surface area contributed by atoms with Crippen LogP contribution in [0, 0.1) is 28.6 Å². The van der Waals surface area contributed by atoms with Crippen LogP contribution in [-0.2, 0) is 25.5 Å². The van der Waals surface area contributed by atoms with Gasteiger partial charge in [-0.1, -0.05) is 39.3 Å². The number of primary amides is 1. The Morgan fingerprint density at radius 1 is 1.24 bits per heavy atom. The molecule has 13 heteroatoms. The van der Waals surface area contributed by atoms with E-state index in [1.54, 1.807) is 42.1 Å². The number of nitrogens with zero attached hydrogens (tertiary/aromatic N) is 2. The molecule has 0 saturated heterocycles. The Morgan fingerprint density at radius 2 is 1.98 bits per heavy atom. The number of rotatable bonds is 8.